The molecular weight excluding hydrogens is 218 g/mol. The van der Waals surface area contributed by atoms with Crippen LogP contribution in [-0.4, -0.2) is 41.3 Å². The van der Waals surface area contributed by atoms with E-state index in [4.69, 9.17) is 5.11 Å². The van der Waals surface area contributed by atoms with E-state index in [9.17, 15) is 9.59 Å². The van der Waals surface area contributed by atoms with E-state index in [0.29, 0.717) is 11.7 Å². The highest BCUT2D eigenvalue weighted by molar-refractivity contribution is 7.99. The maximum absolute atomic E-state index is 11.2. The number of rotatable bonds is 6. The number of amides is 1. The Morgan fingerprint density at radius 2 is 2.07 bits per heavy atom. The molecular formula is C9H17NO4S. The molecule has 5 nitrogen and oxygen atoms in total. The number of nitrogens with one attached hydrogen (secondary N) is 1. The quantitative estimate of drug-likeness (QED) is 0.679. The van der Waals surface area contributed by atoms with Crippen LogP contribution in [0.1, 0.15) is 20.3 Å². The Hall–Kier alpha value is -0.910. The van der Waals surface area contributed by atoms with Crippen LogP contribution in [0.4, 0.5) is 4.79 Å². The molecule has 15 heavy (non-hydrogen) atoms. The summed E-state index contributed by atoms with van der Waals surface area (Å²) in [6, 6.07) is -0.765. The third-order valence-electron chi connectivity index (χ3n) is 1.64. The van der Waals surface area contributed by atoms with Crippen molar-refractivity contribution in [3.63, 3.8) is 0 Å². The van der Waals surface area contributed by atoms with E-state index in [0.717, 1.165) is 5.75 Å². The second-order valence-electron chi connectivity index (χ2n) is 3.23. The van der Waals surface area contributed by atoms with E-state index < -0.39 is 18.1 Å². The molecule has 6 heteroatoms. The first kappa shape index (κ1) is 14.1. The van der Waals surface area contributed by atoms with Crippen molar-refractivity contribution in [2.24, 2.45) is 0 Å². The van der Waals surface area contributed by atoms with Gasteiger partial charge in [0.2, 0.25) is 0 Å². The van der Waals surface area contributed by atoms with Crippen LogP contribution in [0.5, 0.6) is 0 Å². The largest absolute Gasteiger partial charge is 0.467 e. The molecule has 0 rings (SSSR count). The zero-order valence-electron chi connectivity index (χ0n) is 9.15. The van der Waals surface area contributed by atoms with E-state index in [2.05, 4.69) is 10.1 Å². The summed E-state index contributed by atoms with van der Waals surface area (Å²) in [6.07, 6.45) is -0.762. The fourth-order valence-corrected chi connectivity index (χ4v) is 1.81. The summed E-state index contributed by atoms with van der Waals surface area (Å²) in [5, 5.41) is 11.1. The first-order valence-corrected chi connectivity index (χ1v) is 5.71. The molecule has 1 atom stereocenters. The number of ether oxygens (including phenoxy) is 1. The second-order valence-corrected chi connectivity index (χ2v) is 4.92. The molecule has 0 aromatic heterocycles. The number of hydrogen-bond acceptors (Lipinski definition) is 4. The van der Waals surface area contributed by atoms with Gasteiger partial charge in [-0.3, -0.25) is 0 Å². The molecule has 0 radical (unpaired) electrons. The standard InChI is InChI=1S/C9H17NO4S/c1-6(2)15-5-4-7(8(11)14-3)10-9(12)13/h6-7,10H,4-5H2,1-3H3,(H,12,13). The lowest BCUT2D eigenvalue weighted by molar-refractivity contribution is -0.143. The first-order valence-electron chi connectivity index (χ1n) is 4.66. The highest BCUT2D eigenvalue weighted by Crippen LogP contribution is 2.12. The SMILES string of the molecule is COC(=O)C(CCSC(C)C)NC(=O)O. The van der Waals surface area contributed by atoms with Gasteiger partial charge in [0.15, 0.2) is 0 Å². The Bertz CT molecular complexity index is 220. The molecule has 0 heterocycles. The zero-order chi connectivity index (χ0) is 11.8. The van der Waals surface area contributed by atoms with Gasteiger partial charge in [-0.2, -0.15) is 11.8 Å². The molecule has 0 aromatic rings. The minimum absolute atomic E-state index is 0.446. The molecule has 0 aromatic carbocycles. The third kappa shape index (κ3) is 7.07. The van der Waals surface area contributed by atoms with Gasteiger partial charge in [-0.25, -0.2) is 9.59 Å². The average Bonchev–Trinajstić information content (AvgIpc) is 2.14. The molecule has 0 aliphatic rings. The lowest BCUT2D eigenvalue weighted by atomic mass is 10.2. The fraction of sp³-hybridized carbons (Fsp3) is 0.778. The van der Waals surface area contributed by atoms with Crippen molar-refractivity contribution < 1.29 is 19.4 Å². The molecule has 1 unspecified atom stereocenters. The first-order chi connectivity index (χ1) is 6.97. The van der Waals surface area contributed by atoms with E-state index >= 15 is 0 Å². The van der Waals surface area contributed by atoms with Crippen molar-refractivity contribution in [2.75, 3.05) is 12.9 Å². The summed E-state index contributed by atoms with van der Waals surface area (Å²) in [4.78, 5) is 21.6. The Kier molecular flexibility index (Phi) is 6.94. The molecule has 0 fully saturated rings. The molecule has 0 aliphatic heterocycles. The number of esters is 1. The van der Waals surface area contributed by atoms with Gasteiger partial charge in [0.05, 0.1) is 7.11 Å². The number of hydrogen-bond donors (Lipinski definition) is 2. The third-order valence-corrected chi connectivity index (χ3v) is 2.78. The van der Waals surface area contributed by atoms with Crippen LogP contribution in [0.15, 0.2) is 0 Å². The maximum atomic E-state index is 11.2. The second kappa shape index (κ2) is 7.39. The van der Waals surface area contributed by atoms with Crippen LogP contribution >= 0.6 is 11.8 Å². The van der Waals surface area contributed by atoms with Crippen LogP contribution in [0.3, 0.4) is 0 Å². The average molecular weight is 235 g/mol. The molecule has 0 saturated carbocycles. The lowest BCUT2D eigenvalue weighted by Gasteiger charge is -2.14. The Balaban J connectivity index is 4.01. The number of carboxylic acid groups (broad SMARTS) is 1. The summed E-state index contributed by atoms with van der Waals surface area (Å²) in [5.41, 5.74) is 0. The number of thioether (sulfide) groups is 1. The highest BCUT2D eigenvalue weighted by atomic mass is 32.2. The minimum Gasteiger partial charge on any atom is -0.467 e. The molecule has 0 saturated heterocycles. The Morgan fingerprint density at radius 3 is 2.47 bits per heavy atom. The molecule has 88 valence electrons. The van der Waals surface area contributed by atoms with Crippen LogP contribution in [-0.2, 0) is 9.53 Å². The van der Waals surface area contributed by atoms with Crippen LogP contribution in [0.25, 0.3) is 0 Å². The van der Waals surface area contributed by atoms with Crippen molar-refractivity contribution in [3.05, 3.63) is 0 Å². The summed E-state index contributed by atoms with van der Waals surface area (Å²) < 4.78 is 4.50. The summed E-state index contributed by atoms with van der Waals surface area (Å²) in [6.45, 7) is 4.09. The zero-order valence-corrected chi connectivity index (χ0v) is 9.97. The van der Waals surface area contributed by atoms with Gasteiger partial charge < -0.3 is 15.2 Å². The van der Waals surface area contributed by atoms with Gasteiger partial charge in [0.25, 0.3) is 0 Å². The van der Waals surface area contributed by atoms with Gasteiger partial charge in [-0.15, -0.1) is 0 Å². The smallest absolute Gasteiger partial charge is 0.405 e. The van der Waals surface area contributed by atoms with Gasteiger partial charge in [-0.1, -0.05) is 13.8 Å². The minimum atomic E-state index is -1.21. The molecule has 0 aliphatic carbocycles. The summed E-state index contributed by atoms with van der Waals surface area (Å²) in [5.74, 6) is 0.180. The molecule has 2 N–H and O–H groups in total. The fourth-order valence-electron chi connectivity index (χ4n) is 0.962. The Morgan fingerprint density at radius 1 is 1.47 bits per heavy atom. The van der Waals surface area contributed by atoms with Crippen LogP contribution < -0.4 is 5.32 Å². The molecule has 1 amide bonds. The normalized spacial score (nSPS) is 12.3. The van der Waals surface area contributed by atoms with Crippen molar-refractivity contribution in [1.29, 1.82) is 0 Å². The summed E-state index contributed by atoms with van der Waals surface area (Å²) >= 11 is 1.67. The van der Waals surface area contributed by atoms with E-state index in [1.807, 2.05) is 13.8 Å². The van der Waals surface area contributed by atoms with Crippen molar-refractivity contribution in [2.45, 2.75) is 31.6 Å². The van der Waals surface area contributed by atoms with E-state index in [1.165, 1.54) is 7.11 Å². The molecule has 0 spiro atoms. The molecule has 0 bridgehead atoms. The van der Waals surface area contributed by atoms with Crippen molar-refractivity contribution in [3.8, 4) is 0 Å². The van der Waals surface area contributed by atoms with Crippen molar-refractivity contribution in [1.82, 2.24) is 5.32 Å². The monoisotopic (exact) mass is 235 g/mol. The highest BCUT2D eigenvalue weighted by Gasteiger charge is 2.20. The lowest BCUT2D eigenvalue weighted by Crippen LogP contribution is -2.41. The number of methoxy groups -OCH3 is 1. The van der Waals surface area contributed by atoms with Crippen LogP contribution in [0, 0.1) is 0 Å². The summed E-state index contributed by atoms with van der Waals surface area (Å²) in [7, 11) is 1.24. The van der Waals surface area contributed by atoms with E-state index in [-0.39, 0.29) is 0 Å². The predicted molar refractivity (Wildman–Crippen MR) is 59.2 cm³/mol. The van der Waals surface area contributed by atoms with Crippen molar-refractivity contribution >= 4 is 23.8 Å². The van der Waals surface area contributed by atoms with Gasteiger partial charge in [0, 0.05) is 0 Å². The van der Waals surface area contributed by atoms with Gasteiger partial charge >= 0.3 is 12.1 Å². The van der Waals surface area contributed by atoms with Gasteiger partial charge in [0.1, 0.15) is 6.04 Å². The number of carbonyl (C=O) groups is 2. The van der Waals surface area contributed by atoms with Gasteiger partial charge in [-0.05, 0) is 17.4 Å². The maximum Gasteiger partial charge on any atom is 0.405 e. The van der Waals surface area contributed by atoms with E-state index in [1.54, 1.807) is 11.8 Å². The van der Waals surface area contributed by atoms with Crippen LogP contribution in [0.2, 0.25) is 0 Å². The number of carbonyl (C=O) groups excluding carboxylic acids is 1. The predicted octanol–water partition coefficient (Wildman–Crippen LogP) is 1.33. The Labute approximate surface area is 93.6 Å². The topological polar surface area (TPSA) is 75.6 Å².